The predicted octanol–water partition coefficient (Wildman–Crippen LogP) is 2.50. The summed E-state index contributed by atoms with van der Waals surface area (Å²) in [5.74, 6) is 0.194. The van der Waals surface area contributed by atoms with E-state index >= 15 is 0 Å². The van der Waals surface area contributed by atoms with Gasteiger partial charge < -0.3 is 23.9 Å². The molecule has 1 N–H and O–H groups in total. The molecule has 31 heavy (non-hydrogen) atoms. The van der Waals surface area contributed by atoms with E-state index in [-0.39, 0.29) is 31.0 Å². The molecule has 1 saturated heterocycles. The molecule has 0 unspecified atom stereocenters. The van der Waals surface area contributed by atoms with E-state index in [1.54, 1.807) is 18.2 Å². The highest BCUT2D eigenvalue weighted by Gasteiger charge is 2.39. The van der Waals surface area contributed by atoms with E-state index in [2.05, 4.69) is 17.4 Å². The lowest BCUT2D eigenvalue weighted by Crippen LogP contribution is -2.46. The van der Waals surface area contributed by atoms with Gasteiger partial charge in [-0.2, -0.15) is 0 Å². The van der Waals surface area contributed by atoms with E-state index in [9.17, 15) is 14.4 Å². The number of furan rings is 1. The maximum Gasteiger partial charge on any atom is 0.348 e. The molecule has 0 aliphatic carbocycles. The first-order chi connectivity index (χ1) is 15.0. The lowest BCUT2D eigenvalue weighted by Gasteiger charge is -2.22. The summed E-state index contributed by atoms with van der Waals surface area (Å²) < 4.78 is 10.6. The molecule has 3 heterocycles. The standard InChI is InChI=1S/C22H27N3O6/c1-3-4-5-7-16-9-10-18(22(28)31-16)21(27)25-14-15(24-29-2)12-19(25)20(26)23-13-17-8-6-11-30-17/h6,8-11,19H,3-5,7,12-14H2,1-2H3,(H,23,26)/t19-/m0/s1. The van der Waals surface area contributed by atoms with Crippen LogP contribution in [0.3, 0.4) is 0 Å². The number of carbonyl (C=O) groups excluding carboxylic acids is 2. The molecule has 1 aliphatic rings. The van der Waals surface area contributed by atoms with Crippen LogP contribution >= 0.6 is 0 Å². The first kappa shape index (κ1) is 22.3. The third-order valence-electron chi connectivity index (χ3n) is 5.10. The fourth-order valence-electron chi connectivity index (χ4n) is 3.50. The van der Waals surface area contributed by atoms with Gasteiger partial charge in [-0.05, 0) is 30.7 Å². The molecule has 2 amide bonds. The van der Waals surface area contributed by atoms with E-state index in [0.29, 0.717) is 23.7 Å². The normalized spacial score (nSPS) is 17.2. The number of aryl methyl sites for hydroxylation is 1. The van der Waals surface area contributed by atoms with Gasteiger partial charge >= 0.3 is 5.63 Å². The van der Waals surface area contributed by atoms with Crippen LogP contribution in [0, 0.1) is 0 Å². The van der Waals surface area contributed by atoms with E-state index in [4.69, 9.17) is 13.7 Å². The number of oxime groups is 1. The minimum absolute atomic E-state index is 0.0865. The van der Waals surface area contributed by atoms with Crippen molar-refractivity contribution < 1.29 is 23.3 Å². The second-order valence-corrected chi connectivity index (χ2v) is 7.35. The van der Waals surface area contributed by atoms with Gasteiger partial charge in [-0.15, -0.1) is 0 Å². The highest BCUT2D eigenvalue weighted by atomic mass is 16.6. The Morgan fingerprint density at radius 3 is 2.77 bits per heavy atom. The number of rotatable bonds is 9. The Labute approximate surface area is 180 Å². The Morgan fingerprint density at radius 2 is 2.10 bits per heavy atom. The highest BCUT2D eigenvalue weighted by molar-refractivity contribution is 6.05. The second kappa shape index (κ2) is 10.6. The van der Waals surface area contributed by atoms with Gasteiger partial charge in [0.15, 0.2) is 0 Å². The molecule has 0 radical (unpaired) electrons. The van der Waals surface area contributed by atoms with Gasteiger partial charge in [0.2, 0.25) is 5.91 Å². The van der Waals surface area contributed by atoms with Crippen LogP contribution in [0.2, 0.25) is 0 Å². The molecule has 9 nitrogen and oxygen atoms in total. The zero-order valence-electron chi connectivity index (χ0n) is 17.8. The molecule has 3 rings (SSSR count). The molecule has 2 aromatic rings. The number of hydrogen-bond donors (Lipinski definition) is 1. The Bertz CT molecular complexity index is 979. The lowest BCUT2D eigenvalue weighted by atomic mass is 10.1. The Hall–Kier alpha value is -3.36. The number of nitrogens with zero attached hydrogens (tertiary/aromatic N) is 2. The SMILES string of the molecule is CCCCCc1ccc(C(=O)N2CC(=NOC)C[C@H]2C(=O)NCc2ccco2)c(=O)o1. The fourth-order valence-corrected chi connectivity index (χ4v) is 3.50. The van der Waals surface area contributed by atoms with Crippen LogP contribution in [-0.2, 0) is 22.6 Å². The molecule has 0 bridgehead atoms. The summed E-state index contributed by atoms with van der Waals surface area (Å²) in [6, 6.07) is 5.76. The second-order valence-electron chi connectivity index (χ2n) is 7.35. The summed E-state index contributed by atoms with van der Waals surface area (Å²) >= 11 is 0. The van der Waals surface area contributed by atoms with Crippen molar-refractivity contribution in [1.82, 2.24) is 10.2 Å². The summed E-state index contributed by atoms with van der Waals surface area (Å²) in [5, 5.41) is 6.65. The van der Waals surface area contributed by atoms with Gasteiger partial charge in [-0.1, -0.05) is 24.9 Å². The molecule has 166 valence electrons. The van der Waals surface area contributed by atoms with Crippen molar-refractivity contribution in [2.75, 3.05) is 13.7 Å². The molecule has 9 heteroatoms. The van der Waals surface area contributed by atoms with Crippen molar-refractivity contribution >= 4 is 17.5 Å². The Balaban J connectivity index is 1.75. The van der Waals surface area contributed by atoms with Crippen molar-refractivity contribution in [2.24, 2.45) is 5.16 Å². The summed E-state index contributed by atoms with van der Waals surface area (Å²) in [4.78, 5) is 44.5. The van der Waals surface area contributed by atoms with Crippen LogP contribution < -0.4 is 10.9 Å². The molecule has 0 spiro atoms. The van der Waals surface area contributed by atoms with Crippen LogP contribution in [0.1, 0.15) is 54.5 Å². The van der Waals surface area contributed by atoms with E-state index < -0.39 is 17.6 Å². The Kier molecular flexibility index (Phi) is 7.64. The summed E-state index contributed by atoms with van der Waals surface area (Å²) in [7, 11) is 1.40. The van der Waals surface area contributed by atoms with Gasteiger partial charge in [0.05, 0.1) is 25.1 Å². The van der Waals surface area contributed by atoms with Gasteiger partial charge in [0.1, 0.15) is 30.2 Å². The topological polar surface area (TPSA) is 114 Å². The molecular weight excluding hydrogens is 402 g/mol. The first-order valence-electron chi connectivity index (χ1n) is 10.4. The lowest BCUT2D eigenvalue weighted by molar-refractivity contribution is -0.125. The molecular formula is C22H27N3O6. The third-order valence-corrected chi connectivity index (χ3v) is 5.10. The predicted molar refractivity (Wildman–Crippen MR) is 113 cm³/mol. The van der Waals surface area contributed by atoms with Crippen LogP contribution in [0.15, 0.2) is 49.3 Å². The maximum absolute atomic E-state index is 13.1. The fraction of sp³-hybridized carbons (Fsp3) is 0.455. The van der Waals surface area contributed by atoms with Crippen LogP contribution in [-0.4, -0.2) is 42.1 Å². The van der Waals surface area contributed by atoms with Crippen molar-refractivity contribution in [3.05, 3.63) is 58.0 Å². The number of nitrogens with one attached hydrogen (secondary N) is 1. The molecule has 0 saturated carbocycles. The largest absolute Gasteiger partial charge is 0.467 e. The van der Waals surface area contributed by atoms with Crippen molar-refractivity contribution in [1.29, 1.82) is 0 Å². The minimum atomic E-state index is -0.819. The third kappa shape index (κ3) is 5.62. The van der Waals surface area contributed by atoms with Gasteiger partial charge in [-0.25, -0.2) is 4.79 Å². The zero-order valence-corrected chi connectivity index (χ0v) is 17.8. The summed E-state index contributed by atoms with van der Waals surface area (Å²) in [6.07, 6.45) is 5.38. The molecule has 2 aromatic heterocycles. The molecule has 1 aliphatic heterocycles. The van der Waals surface area contributed by atoms with E-state index in [0.717, 1.165) is 19.3 Å². The zero-order chi connectivity index (χ0) is 22.2. The molecule has 1 atom stereocenters. The summed E-state index contributed by atoms with van der Waals surface area (Å²) in [6.45, 7) is 2.37. The van der Waals surface area contributed by atoms with Gasteiger partial charge in [0.25, 0.3) is 5.91 Å². The van der Waals surface area contributed by atoms with Crippen LogP contribution in [0.4, 0.5) is 0 Å². The van der Waals surface area contributed by atoms with Crippen molar-refractivity contribution in [3.63, 3.8) is 0 Å². The molecule has 0 aromatic carbocycles. The summed E-state index contributed by atoms with van der Waals surface area (Å²) in [5.41, 5.74) is -0.276. The quantitative estimate of drug-likeness (QED) is 0.484. The van der Waals surface area contributed by atoms with E-state index in [1.165, 1.54) is 24.3 Å². The number of carbonyl (C=O) groups is 2. The first-order valence-corrected chi connectivity index (χ1v) is 10.4. The maximum atomic E-state index is 13.1. The van der Waals surface area contributed by atoms with Gasteiger partial charge in [-0.3, -0.25) is 9.59 Å². The highest BCUT2D eigenvalue weighted by Crippen LogP contribution is 2.19. The van der Waals surface area contributed by atoms with Gasteiger partial charge in [0, 0.05) is 12.8 Å². The van der Waals surface area contributed by atoms with Crippen molar-refractivity contribution in [3.8, 4) is 0 Å². The smallest absolute Gasteiger partial charge is 0.348 e. The van der Waals surface area contributed by atoms with Crippen LogP contribution in [0.5, 0.6) is 0 Å². The average Bonchev–Trinajstić information content (AvgIpc) is 3.42. The van der Waals surface area contributed by atoms with E-state index in [1.807, 2.05) is 0 Å². The number of likely N-dealkylation sites (tertiary alicyclic amines) is 1. The number of hydrogen-bond acceptors (Lipinski definition) is 7. The number of unbranched alkanes of at least 4 members (excludes halogenated alkanes) is 2. The number of amides is 2. The molecule has 1 fully saturated rings. The van der Waals surface area contributed by atoms with Crippen molar-refractivity contribution in [2.45, 2.75) is 51.6 Å². The monoisotopic (exact) mass is 429 g/mol. The Morgan fingerprint density at radius 1 is 1.26 bits per heavy atom. The average molecular weight is 429 g/mol. The van der Waals surface area contributed by atoms with Crippen LogP contribution in [0.25, 0.3) is 0 Å². The minimum Gasteiger partial charge on any atom is -0.467 e.